The van der Waals surface area contributed by atoms with Crippen molar-refractivity contribution in [2.45, 2.75) is 64.7 Å². The summed E-state index contributed by atoms with van der Waals surface area (Å²) in [5.74, 6) is -4.28. The molecule has 4 amide bonds. The molecule has 31 heavy (non-hydrogen) atoms. The Morgan fingerprint density at radius 1 is 0.871 bits per heavy atom. The van der Waals surface area contributed by atoms with Gasteiger partial charge in [0.25, 0.3) is 0 Å². The topological polar surface area (TPSA) is 194 Å². The van der Waals surface area contributed by atoms with Crippen LogP contribution in [-0.4, -0.2) is 70.9 Å². The van der Waals surface area contributed by atoms with Gasteiger partial charge in [-0.2, -0.15) is 11.8 Å². The average Bonchev–Trinajstić information content (AvgIpc) is 2.65. The van der Waals surface area contributed by atoms with Crippen LogP contribution in [0.4, 0.5) is 0 Å². The van der Waals surface area contributed by atoms with Crippen molar-refractivity contribution in [3.05, 3.63) is 0 Å². The van der Waals surface area contributed by atoms with E-state index in [1.807, 2.05) is 6.26 Å². The smallest absolute Gasteiger partial charge is 0.326 e. The molecule has 0 fully saturated rings. The van der Waals surface area contributed by atoms with Gasteiger partial charge >= 0.3 is 5.97 Å². The van der Waals surface area contributed by atoms with Crippen molar-refractivity contribution >= 4 is 41.4 Å². The van der Waals surface area contributed by atoms with Crippen molar-refractivity contribution in [1.82, 2.24) is 16.0 Å². The van der Waals surface area contributed by atoms with Gasteiger partial charge < -0.3 is 32.5 Å². The monoisotopic (exact) mass is 461 g/mol. The Balaban J connectivity index is 5.39. The van der Waals surface area contributed by atoms with Crippen LogP contribution < -0.4 is 27.4 Å². The highest BCUT2D eigenvalue weighted by Gasteiger charge is 2.33. The number of carbonyl (C=O) groups is 5. The van der Waals surface area contributed by atoms with Crippen LogP contribution in [0, 0.1) is 11.8 Å². The molecule has 0 aromatic carbocycles. The molecule has 0 aliphatic carbocycles. The number of primary amides is 1. The van der Waals surface area contributed by atoms with Crippen LogP contribution in [0.15, 0.2) is 0 Å². The summed E-state index contributed by atoms with van der Waals surface area (Å²) in [4.78, 5) is 60.4. The van der Waals surface area contributed by atoms with Crippen LogP contribution in [0.2, 0.25) is 0 Å². The van der Waals surface area contributed by atoms with Gasteiger partial charge in [0.2, 0.25) is 23.6 Å². The number of aliphatic carboxylic acids is 1. The molecule has 8 N–H and O–H groups in total. The Bertz CT molecular complexity index is 658. The Hall–Kier alpha value is -2.34. The van der Waals surface area contributed by atoms with E-state index < -0.39 is 66.1 Å². The molecule has 0 aromatic heterocycles. The molecule has 0 saturated carbocycles. The number of carboxylic acid groups (broad SMARTS) is 1. The molecular formula is C19H35N5O6S. The lowest BCUT2D eigenvalue weighted by Gasteiger charge is -2.27. The van der Waals surface area contributed by atoms with Crippen molar-refractivity contribution in [2.24, 2.45) is 23.3 Å². The van der Waals surface area contributed by atoms with E-state index in [9.17, 15) is 29.1 Å². The molecule has 4 atom stereocenters. The van der Waals surface area contributed by atoms with Crippen LogP contribution in [0.5, 0.6) is 0 Å². The zero-order valence-corrected chi connectivity index (χ0v) is 19.5. The standard InChI is InChI=1S/C19H35N5O6S/c1-9(2)14(18(28)24-15(10(3)4)19(29)30)23-17(27)12(8-13(21)25)22-16(26)11(20)6-7-31-5/h9-12,14-15H,6-8,20H2,1-5H3,(H2,21,25)(H,22,26)(H,23,27)(H,24,28)(H,29,30). The minimum absolute atomic E-state index is 0.376. The molecular weight excluding hydrogens is 426 g/mol. The summed E-state index contributed by atoms with van der Waals surface area (Å²) in [6, 6.07) is -4.42. The van der Waals surface area contributed by atoms with Crippen molar-refractivity contribution in [2.75, 3.05) is 12.0 Å². The van der Waals surface area contributed by atoms with E-state index in [1.165, 1.54) is 11.8 Å². The van der Waals surface area contributed by atoms with Gasteiger partial charge in [-0.1, -0.05) is 27.7 Å². The third kappa shape index (κ3) is 10.5. The maximum Gasteiger partial charge on any atom is 0.326 e. The highest BCUT2D eigenvalue weighted by atomic mass is 32.2. The van der Waals surface area contributed by atoms with Gasteiger partial charge in [-0.25, -0.2) is 4.79 Å². The number of carboxylic acids is 1. The van der Waals surface area contributed by atoms with Gasteiger partial charge in [-0.3, -0.25) is 19.2 Å². The number of hydrogen-bond acceptors (Lipinski definition) is 7. The molecule has 0 aliphatic heterocycles. The first-order valence-electron chi connectivity index (χ1n) is 9.98. The highest BCUT2D eigenvalue weighted by molar-refractivity contribution is 7.98. The second kappa shape index (κ2) is 13.9. The Kier molecular flexibility index (Phi) is 12.8. The predicted octanol–water partition coefficient (Wildman–Crippen LogP) is -1.21. The van der Waals surface area contributed by atoms with Gasteiger partial charge in [0.15, 0.2) is 0 Å². The molecule has 0 rings (SSSR count). The average molecular weight is 462 g/mol. The molecule has 0 radical (unpaired) electrons. The molecule has 0 aromatic rings. The first kappa shape index (κ1) is 28.7. The summed E-state index contributed by atoms with van der Waals surface area (Å²) < 4.78 is 0. The summed E-state index contributed by atoms with van der Waals surface area (Å²) in [6.45, 7) is 6.60. The first-order chi connectivity index (χ1) is 14.3. The van der Waals surface area contributed by atoms with Crippen molar-refractivity contribution in [1.29, 1.82) is 0 Å². The fourth-order valence-electron chi connectivity index (χ4n) is 2.61. The Morgan fingerprint density at radius 2 is 1.39 bits per heavy atom. The molecule has 12 heteroatoms. The SMILES string of the molecule is CSCCC(N)C(=O)NC(CC(N)=O)C(=O)NC(C(=O)NC(C(=O)O)C(C)C)C(C)C. The fourth-order valence-corrected chi connectivity index (χ4v) is 3.10. The van der Waals surface area contributed by atoms with Gasteiger partial charge in [-0.05, 0) is 30.3 Å². The maximum absolute atomic E-state index is 12.7. The lowest BCUT2D eigenvalue weighted by molar-refractivity contribution is -0.144. The number of nitrogens with two attached hydrogens (primary N) is 2. The molecule has 0 bridgehead atoms. The number of nitrogens with one attached hydrogen (secondary N) is 3. The largest absolute Gasteiger partial charge is 0.480 e. The van der Waals surface area contributed by atoms with E-state index in [4.69, 9.17) is 11.5 Å². The van der Waals surface area contributed by atoms with E-state index in [-0.39, 0.29) is 5.92 Å². The van der Waals surface area contributed by atoms with Gasteiger partial charge in [-0.15, -0.1) is 0 Å². The number of hydrogen-bond donors (Lipinski definition) is 6. The third-order valence-electron chi connectivity index (χ3n) is 4.49. The summed E-state index contributed by atoms with van der Waals surface area (Å²) in [7, 11) is 0. The second-order valence-corrected chi connectivity index (χ2v) is 8.90. The van der Waals surface area contributed by atoms with Gasteiger partial charge in [0.05, 0.1) is 12.5 Å². The first-order valence-corrected chi connectivity index (χ1v) is 11.4. The molecule has 0 heterocycles. The van der Waals surface area contributed by atoms with E-state index in [0.717, 1.165) is 0 Å². The van der Waals surface area contributed by atoms with Crippen LogP contribution in [-0.2, 0) is 24.0 Å². The normalized spacial score (nSPS) is 15.0. The van der Waals surface area contributed by atoms with Gasteiger partial charge in [0.1, 0.15) is 18.1 Å². The van der Waals surface area contributed by atoms with E-state index >= 15 is 0 Å². The number of amides is 4. The zero-order chi connectivity index (χ0) is 24.3. The predicted molar refractivity (Wildman–Crippen MR) is 118 cm³/mol. The molecule has 178 valence electrons. The van der Waals surface area contributed by atoms with Crippen LogP contribution >= 0.6 is 11.8 Å². The van der Waals surface area contributed by atoms with Crippen molar-refractivity contribution < 1.29 is 29.1 Å². The summed E-state index contributed by atoms with van der Waals surface area (Å²) >= 11 is 1.51. The van der Waals surface area contributed by atoms with E-state index in [1.54, 1.807) is 27.7 Å². The number of thioether (sulfide) groups is 1. The molecule has 0 saturated heterocycles. The zero-order valence-electron chi connectivity index (χ0n) is 18.6. The Morgan fingerprint density at radius 3 is 1.81 bits per heavy atom. The molecule has 11 nitrogen and oxygen atoms in total. The maximum atomic E-state index is 12.7. The summed E-state index contributed by atoms with van der Waals surface area (Å²) in [5.41, 5.74) is 11.0. The minimum atomic E-state index is -1.32. The molecule has 0 aliphatic rings. The Labute approximate surface area is 186 Å². The van der Waals surface area contributed by atoms with Gasteiger partial charge in [0, 0.05) is 0 Å². The third-order valence-corrected chi connectivity index (χ3v) is 5.13. The second-order valence-electron chi connectivity index (χ2n) is 7.92. The quantitative estimate of drug-likeness (QED) is 0.185. The highest BCUT2D eigenvalue weighted by Crippen LogP contribution is 2.08. The van der Waals surface area contributed by atoms with E-state index in [2.05, 4.69) is 16.0 Å². The lowest BCUT2D eigenvalue weighted by atomic mass is 9.99. The number of carbonyl (C=O) groups excluding carboxylic acids is 4. The van der Waals surface area contributed by atoms with Crippen LogP contribution in [0.25, 0.3) is 0 Å². The molecule has 0 spiro atoms. The van der Waals surface area contributed by atoms with E-state index in [0.29, 0.717) is 12.2 Å². The molecule has 4 unspecified atom stereocenters. The van der Waals surface area contributed by atoms with Crippen LogP contribution in [0.3, 0.4) is 0 Å². The summed E-state index contributed by atoms with van der Waals surface area (Å²) in [5, 5.41) is 16.6. The lowest BCUT2D eigenvalue weighted by Crippen LogP contribution is -2.59. The summed E-state index contributed by atoms with van der Waals surface area (Å²) in [6.07, 6.45) is 1.75. The van der Waals surface area contributed by atoms with Crippen molar-refractivity contribution in [3.8, 4) is 0 Å². The fraction of sp³-hybridized carbons (Fsp3) is 0.737. The minimum Gasteiger partial charge on any atom is -0.480 e. The van der Waals surface area contributed by atoms with Crippen molar-refractivity contribution in [3.63, 3.8) is 0 Å². The number of rotatable bonds is 14. The van der Waals surface area contributed by atoms with Crippen LogP contribution in [0.1, 0.15) is 40.5 Å².